The van der Waals surface area contributed by atoms with Gasteiger partial charge in [-0.2, -0.15) is 9.57 Å². The van der Waals surface area contributed by atoms with Crippen molar-refractivity contribution in [1.29, 1.82) is 5.26 Å². The maximum atomic E-state index is 13.1. The lowest BCUT2D eigenvalue weighted by Gasteiger charge is -2.34. The van der Waals surface area contributed by atoms with Crippen molar-refractivity contribution in [3.8, 4) is 6.07 Å². The predicted molar refractivity (Wildman–Crippen MR) is 106 cm³/mol. The molecule has 2 amide bonds. The number of carbonyl (C=O) groups excluding carboxylic acids is 1. The lowest BCUT2D eigenvalue weighted by Crippen LogP contribution is -2.49. The molecule has 0 aromatic heterocycles. The zero-order chi connectivity index (χ0) is 20.0. The van der Waals surface area contributed by atoms with Gasteiger partial charge >= 0.3 is 6.03 Å². The Hall–Kier alpha value is -2.89. The highest BCUT2D eigenvalue weighted by Crippen LogP contribution is 2.25. The molecule has 28 heavy (non-hydrogen) atoms. The molecule has 2 aromatic carbocycles. The number of hydrogen-bond donors (Lipinski definition) is 2. The van der Waals surface area contributed by atoms with Gasteiger partial charge in [0.1, 0.15) is 0 Å². The van der Waals surface area contributed by atoms with Gasteiger partial charge in [0, 0.05) is 24.8 Å². The minimum absolute atomic E-state index is 0.104. The minimum Gasteiger partial charge on any atom is -0.336 e. The first-order chi connectivity index (χ1) is 13.5. The van der Waals surface area contributed by atoms with Crippen molar-refractivity contribution in [1.82, 2.24) is 9.62 Å². The summed E-state index contributed by atoms with van der Waals surface area (Å²) >= 11 is 0. The predicted octanol–water partition coefficient (Wildman–Crippen LogP) is 2.92. The molecule has 0 aliphatic carbocycles. The van der Waals surface area contributed by atoms with Crippen molar-refractivity contribution < 1.29 is 13.2 Å². The Labute approximate surface area is 165 Å². The lowest BCUT2D eigenvalue weighted by atomic mass is 10.1. The minimum atomic E-state index is -3.74. The third-order valence-corrected chi connectivity index (χ3v) is 6.62. The van der Waals surface area contributed by atoms with Crippen molar-refractivity contribution in [2.75, 3.05) is 18.4 Å². The quantitative estimate of drug-likeness (QED) is 0.808. The largest absolute Gasteiger partial charge is 0.336 e. The molecule has 0 spiro atoms. The van der Waals surface area contributed by atoms with Crippen LogP contribution in [0.3, 0.4) is 0 Å². The molecule has 146 valence electrons. The third-order valence-electron chi connectivity index (χ3n) is 4.67. The van der Waals surface area contributed by atoms with E-state index in [0.717, 1.165) is 12.8 Å². The number of amides is 2. The molecule has 0 saturated carbocycles. The van der Waals surface area contributed by atoms with E-state index in [1.54, 1.807) is 24.3 Å². The standard InChI is InChI=1S/C20H22N4O3S/c21-14-16-7-6-11-19(13-16)28(26,27)24-12-5-4-10-18(24)15-22-20(25)23-17-8-2-1-3-9-17/h1-3,6-9,11,13,18H,4-5,10,12,15H2,(H2,22,23,25). The van der Waals surface area contributed by atoms with Crippen molar-refractivity contribution in [3.05, 3.63) is 60.2 Å². The molecule has 0 bridgehead atoms. The van der Waals surface area contributed by atoms with Crippen LogP contribution in [0.15, 0.2) is 59.5 Å². The average Bonchev–Trinajstić information content (AvgIpc) is 2.73. The van der Waals surface area contributed by atoms with E-state index in [1.807, 2.05) is 24.3 Å². The van der Waals surface area contributed by atoms with Crippen LogP contribution >= 0.6 is 0 Å². The molecule has 1 fully saturated rings. The Balaban J connectivity index is 1.69. The Morgan fingerprint density at radius 3 is 2.68 bits per heavy atom. The zero-order valence-corrected chi connectivity index (χ0v) is 16.2. The molecule has 3 rings (SSSR count). The zero-order valence-electron chi connectivity index (χ0n) is 15.3. The number of urea groups is 1. The molecule has 1 aliphatic heterocycles. The lowest BCUT2D eigenvalue weighted by molar-refractivity contribution is 0.231. The van der Waals surface area contributed by atoms with Gasteiger partial charge in [-0.1, -0.05) is 30.7 Å². The molecular weight excluding hydrogens is 376 g/mol. The average molecular weight is 398 g/mol. The van der Waals surface area contributed by atoms with Crippen molar-refractivity contribution >= 4 is 21.7 Å². The fourth-order valence-corrected chi connectivity index (χ4v) is 5.00. The molecule has 7 nitrogen and oxygen atoms in total. The van der Waals surface area contributed by atoms with Crippen molar-refractivity contribution in [2.45, 2.75) is 30.2 Å². The molecule has 1 saturated heterocycles. The second kappa shape index (κ2) is 8.87. The summed E-state index contributed by atoms with van der Waals surface area (Å²) in [5, 5.41) is 14.5. The topological polar surface area (TPSA) is 102 Å². The molecule has 8 heteroatoms. The van der Waals surface area contributed by atoms with Gasteiger partial charge in [0.2, 0.25) is 10.0 Å². The smallest absolute Gasteiger partial charge is 0.319 e. The van der Waals surface area contributed by atoms with E-state index in [2.05, 4.69) is 10.6 Å². The van der Waals surface area contributed by atoms with Gasteiger partial charge in [-0.05, 0) is 43.2 Å². The molecule has 0 radical (unpaired) electrons. The van der Waals surface area contributed by atoms with Gasteiger partial charge in [0.25, 0.3) is 0 Å². The van der Waals surface area contributed by atoms with Crippen LogP contribution in [0, 0.1) is 11.3 Å². The molecule has 1 unspecified atom stereocenters. The number of nitrogens with one attached hydrogen (secondary N) is 2. The number of carbonyl (C=O) groups is 1. The number of hydrogen-bond acceptors (Lipinski definition) is 4. The van der Waals surface area contributed by atoms with E-state index in [0.29, 0.717) is 24.2 Å². The van der Waals surface area contributed by atoms with Crippen LogP contribution in [0.25, 0.3) is 0 Å². The normalized spacial score (nSPS) is 17.5. The van der Waals surface area contributed by atoms with Crippen LogP contribution < -0.4 is 10.6 Å². The van der Waals surface area contributed by atoms with Crippen LogP contribution in [-0.2, 0) is 10.0 Å². The van der Waals surface area contributed by atoms with Crippen LogP contribution in [-0.4, -0.2) is 37.9 Å². The Kier molecular flexibility index (Phi) is 6.29. The number of para-hydroxylation sites is 1. The highest BCUT2D eigenvalue weighted by Gasteiger charge is 2.33. The third kappa shape index (κ3) is 4.68. The summed E-state index contributed by atoms with van der Waals surface area (Å²) in [5.41, 5.74) is 0.969. The van der Waals surface area contributed by atoms with E-state index >= 15 is 0 Å². The van der Waals surface area contributed by atoms with Gasteiger partial charge < -0.3 is 10.6 Å². The molecule has 1 atom stereocenters. The summed E-state index contributed by atoms with van der Waals surface area (Å²) in [6.45, 7) is 0.613. The molecule has 1 aliphatic rings. The summed E-state index contributed by atoms with van der Waals surface area (Å²) in [6, 6.07) is 16.3. The fourth-order valence-electron chi connectivity index (χ4n) is 3.26. The van der Waals surface area contributed by atoms with Crippen LogP contribution in [0.4, 0.5) is 10.5 Å². The van der Waals surface area contributed by atoms with E-state index < -0.39 is 10.0 Å². The number of benzene rings is 2. The number of sulfonamides is 1. The number of nitrogens with zero attached hydrogens (tertiary/aromatic N) is 2. The molecular formula is C20H22N4O3S. The first kappa shape index (κ1) is 19.9. The number of piperidine rings is 1. The summed E-state index contributed by atoms with van der Waals surface area (Å²) in [4.78, 5) is 12.2. The Morgan fingerprint density at radius 1 is 1.14 bits per heavy atom. The highest BCUT2D eigenvalue weighted by molar-refractivity contribution is 7.89. The highest BCUT2D eigenvalue weighted by atomic mass is 32.2. The number of rotatable bonds is 5. The monoisotopic (exact) mass is 398 g/mol. The van der Waals surface area contributed by atoms with Crippen LogP contribution in [0.2, 0.25) is 0 Å². The Morgan fingerprint density at radius 2 is 1.93 bits per heavy atom. The summed E-state index contributed by atoms with van der Waals surface area (Å²) in [6.07, 6.45) is 2.34. The summed E-state index contributed by atoms with van der Waals surface area (Å²) in [5.74, 6) is 0. The maximum absolute atomic E-state index is 13.1. The van der Waals surface area contributed by atoms with Gasteiger partial charge in [-0.3, -0.25) is 0 Å². The van der Waals surface area contributed by atoms with Crippen LogP contribution in [0.1, 0.15) is 24.8 Å². The molecule has 2 aromatic rings. The van der Waals surface area contributed by atoms with E-state index in [1.165, 1.54) is 16.4 Å². The van der Waals surface area contributed by atoms with E-state index in [9.17, 15) is 13.2 Å². The maximum Gasteiger partial charge on any atom is 0.319 e. The first-order valence-corrected chi connectivity index (χ1v) is 10.6. The summed E-state index contributed by atoms with van der Waals surface area (Å²) < 4.78 is 27.6. The van der Waals surface area contributed by atoms with Gasteiger partial charge in [0.15, 0.2) is 0 Å². The second-order valence-corrected chi connectivity index (χ2v) is 8.50. The summed E-state index contributed by atoms with van der Waals surface area (Å²) in [7, 11) is -3.74. The van der Waals surface area contributed by atoms with Gasteiger partial charge in [0.05, 0.1) is 16.5 Å². The van der Waals surface area contributed by atoms with Crippen molar-refractivity contribution in [2.24, 2.45) is 0 Å². The van der Waals surface area contributed by atoms with Crippen LogP contribution in [0.5, 0.6) is 0 Å². The molecule has 1 heterocycles. The second-order valence-electron chi connectivity index (χ2n) is 6.61. The fraction of sp³-hybridized carbons (Fsp3) is 0.300. The first-order valence-electron chi connectivity index (χ1n) is 9.12. The van der Waals surface area contributed by atoms with Gasteiger partial charge in [-0.15, -0.1) is 0 Å². The van der Waals surface area contributed by atoms with E-state index in [-0.39, 0.29) is 23.5 Å². The SMILES string of the molecule is N#Cc1cccc(S(=O)(=O)N2CCCCC2CNC(=O)Nc2ccccc2)c1. The number of nitriles is 1. The van der Waals surface area contributed by atoms with Gasteiger partial charge in [-0.25, -0.2) is 13.2 Å². The van der Waals surface area contributed by atoms with Crippen molar-refractivity contribution in [3.63, 3.8) is 0 Å². The van der Waals surface area contributed by atoms with E-state index in [4.69, 9.17) is 5.26 Å². The molecule has 2 N–H and O–H groups in total. The Bertz CT molecular complexity index is 970. The number of anilines is 1.